The van der Waals surface area contributed by atoms with E-state index in [-0.39, 0.29) is 6.04 Å². The molecule has 0 heterocycles. The third-order valence-electron chi connectivity index (χ3n) is 1.73. The van der Waals surface area contributed by atoms with Gasteiger partial charge < -0.3 is 0 Å². The van der Waals surface area contributed by atoms with E-state index >= 15 is 0 Å². The van der Waals surface area contributed by atoms with E-state index in [4.69, 9.17) is 5.53 Å². The van der Waals surface area contributed by atoms with Crippen LogP contribution in [0.25, 0.3) is 10.4 Å². The van der Waals surface area contributed by atoms with Gasteiger partial charge in [-0.05, 0) is 18.4 Å². The molecule has 1 aliphatic rings. The molecule has 0 amide bonds. The molecule has 10 heavy (non-hydrogen) atoms. The molecular formula is C6H9N3O. The summed E-state index contributed by atoms with van der Waals surface area (Å²) in [5, 5.41) is 3.55. The molecule has 0 aromatic carbocycles. The standard InChI is InChI=1S/C6H9N3O/c7-9-8-5-1-3-6(10)4-2-5/h5H,1-4H2. The van der Waals surface area contributed by atoms with Gasteiger partial charge in [0, 0.05) is 23.8 Å². The molecule has 0 atom stereocenters. The summed E-state index contributed by atoms with van der Waals surface area (Å²) in [6.45, 7) is 0. The van der Waals surface area contributed by atoms with Crippen LogP contribution in [0.5, 0.6) is 0 Å². The molecule has 0 radical (unpaired) electrons. The van der Waals surface area contributed by atoms with Crippen molar-refractivity contribution >= 4 is 5.78 Å². The van der Waals surface area contributed by atoms with Crippen LogP contribution in [0.1, 0.15) is 25.7 Å². The summed E-state index contributed by atoms with van der Waals surface area (Å²) in [5.41, 5.74) is 8.06. The number of ketones is 1. The molecule has 0 aliphatic heterocycles. The third kappa shape index (κ3) is 1.74. The van der Waals surface area contributed by atoms with Gasteiger partial charge in [0.25, 0.3) is 0 Å². The molecule has 1 saturated carbocycles. The van der Waals surface area contributed by atoms with Gasteiger partial charge in [0.2, 0.25) is 0 Å². The van der Waals surface area contributed by atoms with E-state index in [2.05, 4.69) is 10.0 Å². The SMILES string of the molecule is [N-]=[N+]=NC1CCC(=O)CC1. The van der Waals surface area contributed by atoms with Crippen molar-refractivity contribution in [3.63, 3.8) is 0 Å². The Morgan fingerprint density at radius 2 is 2.10 bits per heavy atom. The van der Waals surface area contributed by atoms with Gasteiger partial charge >= 0.3 is 0 Å². The van der Waals surface area contributed by atoms with Crippen LogP contribution in [0.15, 0.2) is 5.11 Å². The number of azide groups is 1. The van der Waals surface area contributed by atoms with Gasteiger partial charge in [0.05, 0.1) is 0 Å². The molecule has 4 nitrogen and oxygen atoms in total. The van der Waals surface area contributed by atoms with Crippen molar-refractivity contribution in [2.75, 3.05) is 0 Å². The first-order chi connectivity index (χ1) is 4.83. The van der Waals surface area contributed by atoms with E-state index in [1.807, 2.05) is 0 Å². The van der Waals surface area contributed by atoms with E-state index in [9.17, 15) is 4.79 Å². The van der Waals surface area contributed by atoms with Gasteiger partial charge in [-0.1, -0.05) is 5.11 Å². The van der Waals surface area contributed by atoms with Gasteiger partial charge in [-0.15, -0.1) is 0 Å². The second-order valence-corrected chi connectivity index (χ2v) is 2.47. The number of carbonyl (C=O) groups is 1. The Labute approximate surface area is 58.9 Å². The van der Waals surface area contributed by atoms with Crippen LogP contribution in [0.3, 0.4) is 0 Å². The second kappa shape index (κ2) is 3.22. The Kier molecular flexibility index (Phi) is 2.29. The van der Waals surface area contributed by atoms with Gasteiger partial charge in [-0.2, -0.15) is 0 Å². The first-order valence-electron chi connectivity index (χ1n) is 3.39. The summed E-state index contributed by atoms with van der Waals surface area (Å²) in [5.74, 6) is 0.296. The molecule has 1 aliphatic carbocycles. The van der Waals surface area contributed by atoms with Gasteiger partial charge in [-0.25, -0.2) is 0 Å². The van der Waals surface area contributed by atoms with Crippen LogP contribution >= 0.6 is 0 Å². The van der Waals surface area contributed by atoms with Crippen LogP contribution in [0.2, 0.25) is 0 Å². The van der Waals surface area contributed by atoms with Crippen molar-refractivity contribution in [1.82, 2.24) is 0 Å². The topological polar surface area (TPSA) is 65.8 Å². The minimum atomic E-state index is 0.0719. The normalized spacial score (nSPS) is 20.2. The lowest BCUT2D eigenvalue weighted by Gasteiger charge is -2.14. The molecule has 0 aromatic rings. The smallest absolute Gasteiger partial charge is 0.132 e. The summed E-state index contributed by atoms with van der Waals surface area (Å²) >= 11 is 0. The predicted molar refractivity (Wildman–Crippen MR) is 36.4 cm³/mol. The fraction of sp³-hybridized carbons (Fsp3) is 0.833. The number of Topliss-reactive ketones (excluding diaryl/α,β-unsaturated/α-hetero) is 1. The highest BCUT2D eigenvalue weighted by molar-refractivity contribution is 5.79. The maximum Gasteiger partial charge on any atom is 0.132 e. The van der Waals surface area contributed by atoms with Crippen molar-refractivity contribution in [2.24, 2.45) is 5.11 Å². The highest BCUT2D eigenvalue weighted by Crippen LogP contribution is 2.17. The van der Waals surface area contributed by atoms with Gasteiger partial charge in [0.1, 0.15) is 5.78 Å². The summed E-state index contributed by atoms with van der Waals surface area (Å²) in [7, 11) is 0. The van der Waals surface area contributed by atoms with E-state index in [1.54, 1.807) is 0 Å². The van der Waals surface area contributed by atoms with E-state index in [0.29, 0.717) is 18.6 Å². The van der Waals surface area contributed by atoms with Crippen molar-refractivity contribution < 1.29 is 4.79 Å². The Hall–Kier alpha value is -1.02. The van der Waals surface area contributed by atoms with Crippen molar-refractivity contribution in [3.05, 3.63) is 10.4 Å². The fourth-order valence-corrected chi connectivity index (χ4v) is 1.11. The van der Waals surface area contributed by atoms with E-state index < -0.39 is 0 Å². The molecule has 0 unspecified atom stereocenters. The lowest BCUT2D eigenvalue weighted by molar-refractivity contribution is -0.120. The van der Waals surface area contributed by atoms with Crippen LogP contribution in [0.4, 0.5) is 0 Å². The van der Waals surface area contributed by atoms with Crippen LogP contribution in [-0.4, -0.2) is 11.8 Å². The average Bonchev–Trinajstić information content (AvgIpc) is 1.95. The maximum absolute atomic E-state index is 10.7. The molecule has 0 N–H and O–H groups in total. The number of carbonyl (C=O) groups excluding carboxylic acids is 1. The number of rotatable bonds is 1. The van der Waals surface area contributed by atoms with Crippen molar-refractivity contribution in [3.8, 4) is 0 Å². The molecule has 54 valence electrons. The zero-order chi connectivity index (χ0) is 7.40. The Morgan fingerprint density at radius 1 is 1.50 bits per heavy atom. The summed E-state index contributed by atoms with van der Waals surface area (Å²) in [4.78, 5) is 13.4. The zero-order valence-electron chi connectivity index (χ0n) is 5.66. The van der Waals surface area contributed by atoms with Crippen molar-refractivity contribution in [1.29, 1.82) is 0 Å². The molecule has 0 aromatic heterocycles. The lowest BCUT2D eigenvalue weighted by Crippen LogP contribution is -2.15. The predicted octanol–water partition coefficient (Wildman–Crippen LogP) is 1.81. The minimum absolute atomic E-state index is 0.0719. The number of hydrogen-bond acceptors (Lipinski definition) is 2. The second-order valence-electron chi connectivity index (χ2n) is 2.47. The van der Waals surface area contributed by atoms with Gasteiger partial charge in [-0.3, -0.25) is 4.79 Å². The zero-order valence-corrected chi connectivity index (χ0v) is 5.66. The van der Waals surface area contributed by atoms with E-state index in [1.165, 1.54) is 0 Å². The Balaban J connectivity index is 2.39. The molecule has 0 saturated heterocycles. The summed E-state index contributed by atoms with van der Waals surface area (Å²) in [6, 6.07) is 0.0719. The van der Waals surface area contributed by atoms with Crippen LogP contribution < -0.4 is 0 Å². The average molecular weight is 139 g/mol. The van der Waals surface area contributed by atoms with Crippen LogP contribution in [0, 0.1) is 0 Å². The monoisotopic (exact) mass is 139 g/mol. The third-order valence-corrected chi connectivity index (χ3v) is 1.73. The summed E-state index contributed by atoms with van der Waals surface area (Å²) in [6.07, 6.45) is 2.65. The Morgan fingerprint density at radius 3 is 2.60 bits per heavy atom. The maximum atomic E-state index is 10.7. The quantitative estimate of drug-likeness (QED) is 0.310. The van der Waals surface area contributed by atoms with Crippen LogP contribution in [-0.2, 0) is 4.79 Å². The molecule has 4 heteroatoms. The molecule has 0 bridgehead atoms. The molecular weight excluding hydrogens is 130 g/mol. The highest BCUT2D eigenvalue weighted by atomic mass is 16.1. The number of hydrogen-bond donors (Lipinski definition) is 0. The van der Waals surface area contributed by atoms with Gasteiger partial charge in [0.15, 0.2) is 0 Å². The molecule has 0 spiro atoms. The Bertz CT molecular complexity index is 173. The molecule has 1 fully saturated rings. The first-order valence-corrected chi connectivity index (χ1v) is 3.39. The highest BCUT2D eigenvalue weighted by Gasteiger charge is 2.16. The lowest BCUT2D eigenvalue weighted by atomic mass is 9.95. The number of nitrogens with zero attached hydrogens (tertiary/aromatic N) is 3. The first kappa shape index (κ1) is 7.09. The van der Waals surface area contributed by atoms with Crippen molar-refractivity contribution in [2.45, 2.75) is 31.7 Å². The van der Waals surface area contributed by atoms with E-state index in [0.717, 1.165) is 12.8 Å². The molecule has 1 rings (SSSR count). The fourth-order valence-electron chi connectivity index (χ4n) is 1.11. The summed E-state index contributed by atoms with van der Waals surface area (Å²) < 4.78 is 0. The minimum Gasteiger partial charge on any atom is -0.300 e. The largest absolute Gasteiger partial charge is 0.300 e.